The van der Waals surface area contributed by atoms with Crippen LogP contribution in [0.4, 0.5) is 5.69 Å². The highest BCUT2D eigenvalue weighted by Crippen LogP contribution is 2.20. The highest BCUT2D eigenvalue weighted by Gasteiger charge is 2.20. The fourth-order valence-corrected chi connectivity index (χ4v) is 4.91. The third-order valence-corrected chi connectivity index (χ3v) is 6.89. The number of aromatic nitrogens is 2. The number of hydrogen-bond acceptors (Lipinski definition) is 5. The van der Waals surface area contributed by atoms with Crippen LogP contribution in [0.2, 0.25) is 0 Å². The maximum absolute atomic E-state index is 12.5. The summed E-state index contributed by atoms with van der Waals surface area (Å²) in [5.74, 6) is 0. The van der Waals surface area contributed by atoms with Gasteiger partial charge in [-0.2, -0.15) is 5.10 Å². The second-order valence-electron chi connectivity index (χ2n) is 6.19. The van der Waals surface area contributed by atoms with Crippen molar-refractivity contribution in [1.82, 2.24) is 14.5 Å². The van der Waals surface area contributed by atoms with E-state index in [2.05, 4.69) is 14.5 Å². The van der Waals surface area contributed by atoms with E-state index in [1.165, 1.54) is 35.1 Å². The summed E-state index contributed by atoms with van der Waals surface area (Å²) in [6, 6.07) is 14.7. The molecular weight excluding hydrogens is 400 g/mol. The number of anilines is 1. The minimum Gasteiger partial charge on any atom is -0.280 e. The molecule has 8 nitrogen and oxygen atoms in total. The summed E-state index contributed by atoms with van der Waals surface area (Å²) >= 11 is 0. The molecule has 3 aromatic rings. The van der Waals surface area contributed by atoms with Gasteiger partial charge in [-0.3, -0.25) is 9.40 Å². The molecule has 0 bridgehead atoms. The maximum atomic E-state index is 12.5. The van der Waals surface area contributed by atoms with Crippen molar-refractivity contribution in [3.8, 4) is 0 Å². The fraction of sp³-hybridized carbons (Fsp3) is 0.167. The van der Waals surface area contributed by atoms with E-state index < -0.39 is 20.0 Å². The lowest BCUT2D eigenvalue weighted by atomic mass is 10.2. The molecule has 0 fully saturated rings. The van der Waals surface area contributed by atoms with E-state index in [9.17, 15) is 16.8 Å². The van der Waals surface area contributed by atoms with E-state index in [0.29, 0.717) is 5.69 Å². The van der Waals surface area contributed by atoms with Crippen LogP contribution in [0.15, 0.2) is 70.6 Å². The zero-order chi connectivity index (χ0) is 20.4. The molecule has 10 heteroatoms. The lowest BCUT2D eigenvalue weighted by Crippen LogP contribution is -2.23. The van der Waals surface area contributed by atoms with Crippen molar-refractivity contribution in [2.45, 2.75) is 23.3 Å². The number of rotatable bonds is 7. The molecule has 0 aliphatic heterocycles. The monoisotopic (exact) mass is 420 g/mol. The lowest BCUT2D eigenvalue weighted by Gasteiger charge is -2.09. The fourth-order valence-electron chi connectivity index (χ4n) is 2.61. The Balaban J connectivity index is 1.73. The van der Waals surface area contributed by atoms with E-state index in [4.69, 9.17) is 0 Å². The lowest BCUT2D eigenvalue weighted by molar-refractivity contribution is 0.581. The topological polar surface area (TPSA) is 110 Å². The van der Waals surface area contributed by atoms with Gasteiger partial charge in [0.05, 0.1) is 10.6 Å². The van der Waals surface area contributed by atoms with E-state index in [0.717, 1.165) is 5.56 Å². The van der Waals surface area contributed by atoms with Crippen LogP contribution in [0.25, 0.3) is 0 Å². The maximum Gasteiger partial charge on any atom is 0.265 e. The van der Waals surface area contributed by atoms with E-state index in [1.807, 2.05) is 30.3 Å². The molecule has 0 aliphatic rings. The molecule has 3 rings (SSSR count). The molecule has 0 spiro atoms. The Morgan fingerprint density at radius 2 is 1.57 bits per heavy atom. The first-order valence-corrected chi connectivity index (χ1v) is 11.3. The second-order valence-corrected chi connectivity index (χ2v) is 9.61. The minimum atomic E-state index is -3.82. The van der Waals surface area contributed by atoms with Gasteiger partial charge in [-0.15, -0.1) is 0 Å². The molecular formula is C18H20N4O4S2. The quantitative estimate of drug-likeness (QED) is 0.608. The zero-order valence-corrected chi connectivity index (χ0v) is 17.0. The molecule has 2 N–H and O–H groups in total. The second kappa shape index (κ2) is 7.74. The highest BCUT2D eigenvalue weighted by molar-refractivity contribution is 7.92. The molecule has 0 amide bonds. The van der Waals surface area contributed by atoms with E-state index in [-0.39, 0.29) is 22.0 Å². The van der Waals surface area contributed by atoms with Gasteiger partial charge in [0.15, 0.2) is 0 Å². The highest BCUT2D eigenvalue weighted by atomic mass is 32.2. The number of hydrogen-bond donors (Lipinski definition) is 2. The molecule has 148 valence electrons. The van der Waals surface area contributed by atoms with E-state index in [1.54, 1.807) is 14.0 Å². The molecule has 1 heterocycles. The molecule has 1 aromatic heterocycles. The van der Waals surface area contributed by atoms with Crippen LogP contribution in [0, 0.1) is 6.92 Å². The van der Waals surface area contributed by atoms with Gasteiger partial charge < -0.3 is 0 Å². The third-order valence-electron chi connectivity index (χ3n) is 3.98. The molecule has 0 saturated carbocycles. The Kier molecular flexibility index (Phi) is 5.54. The van der Waals surface area contributed by atoms with Gasteiger partial charge >= 0.3 is 0 Å². The summed E-state index contributed by atoms with van der Waals surface area (Å²) in [5.41, 5.74) is 1.46. The Morgan fingerprint density at radius 1 is 0.929 bits per heavy atom. The van der Waals surface area contributed by atoms with Crippen LogP contribution < -0.4 is 9.44 Å². The Bertz CT molecular complexity index is 1170. The van der Waals surface area contributed by atoms with Crippen LogP contribution in [0.5, 0.6) is 0 Å². The Morgan fingerprint density at radius 3 is 2.14 bits per heavy atom. The van der Waals surface area contributed by atoms with Crippen LogP contribution in [-0.2, 0) is 33.6 Å². The number of aryl methyl sites for hydroxylation is 2. The van der Waals surface area contributed by atoms with Gasteiger partial charge in [0.2, 0.25) is 10.0 Å². The van der Waals surface area contributed by atoms with Crippen molar-refractivity contribution < 1.29 is 16.8 Å². The summed E-state index contributed by atoms with van der Waals surface area (Å²) in [7, 11) is -5.90. The molecule has 0 aliphatic carbocycles. The van der Waals surface area contributed by atoms with Crippen molar-refractivity contribution in [2.75, 3.05) is 4.72 Å². The van der Waals surface area contributed by atoms with Crippen molar-refractivity contribution in [3.05, 3.63) is 72.1 Å². The molecule has 28 heavy (non-hydrogen) atoms. The summed E-state index contributed by atoms with van der Waals surface area (Å²) in [6.45, 7) is 1.76. The molecule has 0 atom stereocenters. The largest absolute Gasteiger partial charge is 0.280 e. The predicted molar refractivity (Wildman–Crippen MR) is 106 cm³/mol. The van der Waals surface area contributed by atoms with Gasteiger partial charge in [0.1, 0.15) is 4.90 Å². The van der Waals surface area contributed by atoms with Crippen LogP contribution in [0.1, 0.15) is 11.3 Å². The van der Waals surface area contributed by atoms with E-state index >= 15 is 0 Å². The van der Waals surface area contributed by atoms with Crippen LogP contribution >= 0.6 is 0 Å². The van der Waals surface area contributed by atoms with Crippen molar-refractivity contribution in [2.24, 2.45) is 7.05 Å². The summed E-state index contributed by atoms with van der Waals surface area (Å²) < 4.78 is 56.1. The number of nitrogens with one attached hydrogen (secondary N) is 2. The summed E-state index contributed by atoms with van der Waals surface area (Å²) in [4.78, 5) is 0.111. The molecule has 0 radical (unpaired) electrons. The first-order valence-electron chi connectivity index (χ1n) is 8.34. The van der Waals surface area contributed by atoms with Crippen LogP contribution in [0.3, 0.4) is 0 Å². The first-order chi connectivity index (χ1) is 13.2. The summed E-state index contributed by atoms with van der Waals surface area (Å²) in [5, 5.41) is 4.02. The third kappa shape index (κ3) is 4.58. The molecule has 0 unspecified atom stereocenters. The number of benzene rings is 2. The Labute approximate surface area is 164 Å². The zero-order valence-electron chi connectivity index (χ0n) is 15.3. The average Bonchev–Trinajstić information content (AvgIpc) is 3.00. The van der Waals surface area contributed by atoms with Gasteiger partial charge in [-0.25, -0.2) is 21.6 Å². The van der Waals surface area contributed by atoms with Gasteiger partial charge in [0.25, 0.3) is 10.0 Å². The van der Waals surface area contributed by atoms with Gasteiger partial charge in [-0.05, 0) is 36.8 Å². The number of nitrogens with zero attached hydrogens (tertiary/aromatic N) is 2. The standard InChI is InChI=1S/C18H20N4O4S2/c1-14-18(13-22(2)20-14)28(25,26)21-16-8-10-17(11-9-16)27(23,24)19-12-15-6-4-3-5-7-15/h3-11,13,19,21H,12H2,1-2H3. The van der Waals surface area contributed by atoms with Gasteiger partial charge in [0, 0.05) is 25.5 Å². The molecule has 0 saturated heterocycles. The van der Waals surface area contributed by atoms with Crippen molar-refractivity contribution in [3.63, 3.8) is 0 Å². The smallest absolute Gasteiger partial charge is 0.265 e. The normalized spacial score (nSPS) is 12.1. The predicted octanol–water partition coefficient (Wildman–Crippen LogP) is 2.01. The SMILES string of the molecule is Cc1nn(C)cc1S(=O)(=O)Nc1ccc(S(=O)(=O)NCc2ccccc2)cc1. The molecule has 2 aromatic carbocycles. The Hall–Kier alpha value is -2.69. The summed E-state index contributed by atoms with van der Waals surface area (Å²) in [6.07, 6.45) is 1.41. The van der Waals surface area contributed by atoms with Crippen molar-refractivity contribution in [1.29, 1.82) is 0 Å². The minimum absolute atomic E-state index is 0.0453. The van der Waals surface area contributed by atoms with Gasteiger partial charge in [-0.1, -0.05) is 30.3 Å². The number of sulfonamides is 2. The van der Waals surface area contributed by atoms with Crippen LogP contribution in [-0.4, -0.2) is 26.6 Å². The first kappa shape index (κ1) is 20.1. The van der Waals surface area contributed by atoms with Crippen molar-refractivity contribution >= 4 is 25.7 Å². The average molecular weight is 421 g/mol.